The van der Waals surface area contributed by atoms with Gasteiger partial charge in [-0.2, -0.15) is 8.42 Å². The van der Waals surface area contributed by atoms with Crippen molar-refractivity contribution >= 4 is 10.1 Å². The van der Waals surface area contributed by atoms with Crippen LogP contribution in [0.1, 0.15) is 33.6 Å². The van der Waals surface area contributed by atoms with Crippen LogP contribution < -0.4 is 0 Å². The maximum absolute atomic E-state index is 10.6. The van der Waals surface area contributed by atoms with E-state index in [1.54, 1.807) is 0 Å². The van der Waals surface area contributed by atoms with E-state index in [0.29, 0.717) is 6.42 Å². The average Bonchev–Trinajstić information content (AvgIpc) is 2.14. The summed E-state index contributed by atoms with van der Waals surface area (Å²) >= 11 is 0. The quantitative estimate of drug-likeness (QED) is 0.515. The predicted octanol–water partition coefficient (Wildman–Crippen LogP) is 1.53. The molecule has 0 aliphatic carbocycles. The first-order valence-corrected chi connectivity index (χ1v) is 7.30. The molecule has 0 rings (SSSR count). The molecule has 1 N–H and O–H groups in total. The second-order valence-electron chi connectivity index (χ2n) is 4.06. The van der Waals surface area contributed by atoms with Crippen molar-refractivity contribution in [2.45, 2.75) is 33.6 Å². The summed E-state index contributed by atoms with van der Waals surface area (Å²) in [4.78, 5) is 0. The molecule has 0 aromatic carbocycles. The van der Waals surface area contributed by atoms with E-state index in [9.17, 15) is 8.42 Å². The molecule has 0 bridgehead atoms. The van der Waals surface area contributed by atoms with Crippen molar-refractivity contribution in [3.8, 4) is 0 Å². The highest BCUT2D eigenvalue weighted by atomic mass is 32.2. The van der Waals surface area contributed by atoms with Gasteiger partial charge in [-0.15, -0.1) is 0 Å². The first-order valence-electron chi connectivity index (χ1n) is 5.69. The molecular weight excluding hydrogens is 214 g/mol. The van der Waals surface area contributed by atoms with Crippen LogP contribution in [-0.2, 0) is 10.1 Å². The first-order chi connectivity index (χ1) is 6.89. The normalized spacial score (nSPS) is 13.1. The van der Waals surface area contributed by atoms with E-state index in [1.807, 2.05) is 0 Å². The van der Waals surface area contributed by atoms with Gasteiger partial charge in [0.2, 0.25) is 0 Å². The zero-order valence-corrected chi connectivity index (χ0v) is 10.9. The van der Waals surface area contributed by atoms with E-state index in [4.69, 9.17) is 4.55 Å². The van der Waals surface area contributed by atoms with Crippen molar-refractivity contribution in [1.82, 2.24) is 0 Å². The fraction of sp³-hybridized carbons (Fsp3) is 1.00. The Morgan fingerprint density at radius 3 is 1.93 bits per heavy atom. The fourth-order valence-electron chi connectivity index (χ4n) is 2.02. The number of rotatable bonds is 8. The predicted molar refractivity (Wildman–Crippen MR) is 62.4 cm³/mol. The van der Waals surface area contributed by atoms with Crippen LogP contribution in [0.5, 0.6) is 0 Å². The Balaban J connectivity index is 4.18. The van der Waals surface area contributed by atoms with Crippen LogP contribution in [0, 0.1) is 0 Å². The summed E-state index contributed by atoms with van der Waals surface area (Å²) < 4.78 is 30.8. The highest BCUT2D eigenvalue weighted by Gasteiger charge is 2.22. The van der Waals surface area contributed by atoms with Crippen LogP contribution in [-0.4, -0.2) is 49.4 Å². The van der Waals surface area contributed by atoms with Crippen molar-refractivity contribution in [2.24, 2.45) is 0 Å². The lowest BCUT2D eigenvalue weighted by Gasteiger charge is -2.36. The standard InChI is InChI=1S/C10H23NO3S/c1-4-8-11(5-2,6-3)9-7-10-15(12,13)14/h4-10H2,1-3H3/p+1. The Morgan fingerprint density at radius 2 is 1.60 bits per heavy atom. The molecular formula is C10H24NO3S+. The van der Waals surface area contributed by atoms with Gasteiger partial charge in [-0.25, -0.2) is 0 Å². The Kier molecular flexibility index (Phi) is 6.40. The minimum atomic E-state index is -3.79. The van der Waals surface area contributed by atoms with Gasteiger partial charge in [0.25, 0.3) is 10.1 Å². The molecule has 0 saturated heterocycles. The molecule has 0 spiro atoms. The van der Waals surface area contributed by atoms with E-state index >= 15 is 0 Å². The van der Waals surface area contributed by atoms with E-state index in [1.165, 1.54) is 0 Å². The molecule has 0 radical (unpaired) electrons. The second-order valence-corrected chi connectivity index (χ2v) is 5.63. The van der Waals surface area contributed by atoms with Gasteiger partial charge >= 0.3 is 0 Å². The maximum Gasteiger partial charge on any atom is 0.265 e. The number of hydrogen-bond acceptors (Lipinski definition) is 2. The van der Waals surface area contributed by atoms with Crippen molar-refractivity contribution < 1.29 is 17.5 Å². The molecule has 0 saturated carbocycles. The van der Waals surface area contributed by atoms with Crippen LogP contribution in [0.4, 0.5) is 0 Å². The van der Waals surface area contributed by atoms with Crippen LogP contribution in [0.2, 0.25) is 0 Å². The van der Waals surface area contributed by atoms with Crippen LogP contribution in [0.25, 0.3) is 0 Å². The third-order valence-corrected chi connectivity index (χ3v) is 3.88. The highest BCUT2D eigenvalue weighted by Crippen LogP contribution is 2.09. The summed E-state index contributed by atoms with van der Waals surface area (Å²) in [6.07, 6.45) is 1.65. The largest absolute Gasteiger partial charge is 0.324 e. The average molecular weight is 238 g/mol. The molecule has 0 unspecified atom stereocenters. The van der Waals surface area contributed by atoms with Gasteiger partial charge in [0.15, 0.2) is 0 Å². The van der Waals surface area contributed by atoms with Crippen molar-refractivity contribution in [1.29, 1.82) is 0 Å². The molecule has 0 heterocycles. The van der Waals surface area contributed by atoms with Gasteiger partial charge in [0, 0.05) is 6.42 Å². The molecule has 4 nitrogen and oxygen atoms in total. The number of quaternary nitrogens is 1. The highest BCUT2D eigenvalue weighted by molar-refractivity contribution is 7.85. The van der Waals surface area contributed by atoms with Gasteiger partial charge in [0.1, 0.15) is 0 Å². The van der Waals surface area contributed by atoms with Gasteiger partial charge in [-0.3, -0.25) is 4.55 Å². The Hall–Kier alpha value is -0.130. The smallest absolute Gasteiger partial charge is 0.265 e. The number of hydrogen-bond donors (Lipinski definition) is 1. The topological polar surface area (TPSA) is 54.4 Å². The van der Waals surface area contributed by atoms with E-state index in [-0.39, 0.29) is 5.75 Å². The molecule has 0 fully saturated rings. The Morgan fingerprint density at radius 1 is 1.07 bits per heavy atom. The fourth-order valence-corrected chi connectivity index (χ4v) is 2.52. The summed E-state index contributed by atoms with van der Waals surface area (Å²) in [5.74, 6) is -0.114. The Bertz CT molecular complexity index is 258. The van der Waals surface area contributed by atoms with Gasteiger partial charge in [-0.1, -0.05) is 6.92 Å². The summed E-state index contributed by atoms with van der Waals surface area (Å²) in [5.41, 5.74) is 0. The van der Waals surface area contributed by atoms with Crippen molar-refractivity contribution in [3.05, 3.63) is 0 Å². The minimum Gasteiger partial charge on any atom is -0.324 e. The van der Waals surface area contributed by atoms with Gasteiger partial charge in [0.05, 0.1) is 31.9 Å². The SMILES string of the molecule is CCC[N+](CC)(CC)CCCS(=O)(=O)O. The maximum atomic E-state index is 10.6. The molecule has 0 aliphatic heterocycles. The zero-order valence-electron chi connectivity index (χ0n) is 10.1. The van der Waals surface area contributed by atoms with Gasteiger partial charge < -0.3 is 4.48 Å². The zero-order chi connectivity index (χ0) is 11.9. The van der Waals surface area contributed by atoms with Crippen LogP contribution in [0.15, 0.2) is 0 Å². The third-order valence-electron chi connectivity index (χ3n) is 3.07. The summed E-state index contributed by atoms with van der Waals surface area (Å²) in [6.45, 7) is 10.4. The minimum absolute atomic E-state index is 0.114. The first kappa shape index (κ1) is 14.9. The molecule has 0 amide bonds. The van der Waals surface area contributed by atoms with Crippen molar-refractivity contribution in [2.75, 3.05) is 31.9 Å². The lowest BCUT2D eigenvalue weighted by molar-refractivity contribution is -0.924. The summed E-state index contributed by atoms with van der Waals surface area (Å²) in [6, 6.07) is 0. The molecule has 5 heteroatoms. The molecule has 0 atom stereocenters. The lowest BCUT2D eigenvalue weighted by Crippen LogP contribution is -2.49. The van der Waals surface area contributed by atoms with Crippen LogP contribution in [0.3, 0.4) is 0 Å². The summed E-state index contributed by atoms with van der Waals surface area (Å²) in [7, 11) is -3.79. The molecule has 0 aromatic rings. The number of nitrogens with zero attached hydrogens (tertiary/aromatic N) is 1. The van der Waals surface area contributed by atoms with E-state index in [2.05, 4.69) is 20.8 Å². The third kappa shape index (κ3) is 6.12. The van der Waals surface area contributed by atoms with Gasteiger partial charge in [-0.05, 0) is 20.3 Å². The van der Waals surface area contributed by atoms with Crippen LogP contribution >= 0.6 is 0 Å². The molecule has 0 aromatic heterocycles. The summed E-state index contributed by atoms with van der Waals surface area (Å²) in [5, 5.41) is 0. The Labute approximate surface area is 93.6 Å². The molecule has 15 heavy (non-hydrogen) atoms. The molecule has 92 valence electrons. The monoisotopic (exact) mass is 238 g/mol. The second kappa shape index (κ2) is 6.45. The van der Waals surface area contributed by atoms with E-state index < -0.39 is 10.1 Å². The molecule has 0 aliphatic rings. The van der Waals surface area contributed by atoms with E-state index in [0.717, 1.165) is 37.1 Å². The van der Waals surface area contributed by atoms with Crippen molar-refractivity contribution in [3.63, 3.8) is 0 Å². The lowest BCUT2D eigenvalue weighted by atomic mass is 10.2.